The van der Waals surface area contributed by atoms with Gasteiger partial charge in [-0.25, -0.2) is 0 Å². The minimum Gasteiger partial charge on any atom is -0.0839 e. The van der Waals surface area contributed by atoms with Crippen molar-refractivity contribution < 1.29 is 0 Å². The molecule has 0 aromatic rings. The van der Waals surface area contributed by atoms with E-state index < -0.39 is 0 Å². The minimum absolute atomic E-state index is 0.523. The van der Waals surface area contributed by atoms with Crippen LogP contribution in [0.25, 0.3) is 0 Å². The Morgan fingerprint density at radius 2 is 1.67 bits per heavy atom. The fraction of sp³-hybridized carbons (Fsp3) is 0.733. The number of allylic oxidation sites excluding steroid dienone is 4. The topological polar surface area (TPSA) is 0 Å². The lowest BCUT2D eigenvalue weighted by Crippen LogP contribution is -2.22. The van der Waals surface area contributed by atoms with Gasteiger partial charge in [-0.15, -0.1) is 0 Å². The van der Waals surface area contributed by atoms with Crippen LogP contribution in [0, 0.1) is 5.41 Å². The predicted octanol–water partition coefficient (Wildman–Crippen LogP) is 5.26. The van der Waals surface area contributed by atoms with Gasteiger partial charge in [-0.1, -0.05) is 58.3 Å². The van der Waals surface area contributed by atoms with Crippen molar-refractivity contribution in [1.82, 2.24) is 0 Å². The molecular formula is C15H26. The van der Waals surface area contributed by atoms with Crippen molar-refractivity contribution in [2.45, 2.75) is 65.7 Å². The number of hydrogen-bond donors (Lipinski definition) is 0. The third kappa shape index (κ3) is 3.22. The van der Waals surface area contributed by atoms with Gasteiger partial charge in [-0.05, 0) is 36.7 Å². The highest BCUT2D eigenvalue weighted by atomic mass is 14.3. The molecule has 2 aliphatic rings. The lowest BCUT2D eigenvalue weighted by atomic mass is 9.69. The summed E-state index contributed by atoms with van der Waals surface area (Å²) in [6, 6.07) is 0. The van der Waals surface area contributed by atoms with Gasteiger partial charge in [0.1, 0.15) is 0 Å². The van der Waals surface area contributed by atoms with Crippen LogP contribution in [0.3, 0.4) is 0 Å². The molecule has 0 saturated heterocycles. The summed E-state index contributed by atoms with van der Waals surface area (Å²) in [5, 5.41) is 0. The average molecular weight is 206 g/mol. The molecule has 0 heteroatoms. The van der Waals surface area contributed by atoms with Gasteiger partial charge in [0.2, 0.25) is 0 Å². The Hall–Kier alpha value is -0.520. The van der Waals surface area contributed by atoms with E-state index in [1.807, 2.05) is 13.8 Å². The van der Waals surface area contributed by atoms with Crippen molar-refractivity contribution in [2.24, 2.45) is 5.41 Å². The maximum absolute atomic E-state index is 2.46. The van der Waals surface area contributed by atoms with E-state index in [-0.39, 0.29) is 0 Å². The zero-order valence-corrected chi connectivity index (χ0v) is 10.7. The molecule has 0 N–H and O–H groups in total. The van der Waals surface area contributed by atoms with Crippen LogP contribution in [0.15, 0.2) is 23.8 Å². The first-order valence-corrected chi connectivity index (χ1v) is 6.68. The van der Waals surface area contributed by atoms with Crippen LogP contribution in [-0.2, 0) is 0 Å². The molecule has 1 fully saturated rings. The molecule has 2 rings (SSSR count). The third-order valence-corrected chi connectivity index (χ3v) is 3.65. The summed E-state index contributed by atoms with van der Waals surface area (Å²) in [5.41, 5.74) is 2.15. The summed E-state index contributed by atoms with van der Waals surface area (Å²) >= 11 is 0. The molecule has 86 valence electrons. The first-order chi connectivity index (χ1) is 7.31. The first kappa shape index (κ1) is 12.5. The molecule has 0 aliphatic heterocycles. The molecule has 0 nitrogen and oxygen atoms in total. The lowest BCUT2D eigenvalue weighted by molar-refractivity contribution is 0.271. The molecule has 0 aromatic carbocycles. The van der Waals surface area contributed by atoms with Crippen molar-refractivity contribution in [3.8, 4) is 0 Å². The molecular weight excluding hydrogens is 180 g/mol. The fourth-order valence-electron chi connectivity index (χ4n) is 2.68. The van der Waals surface area contributed by atoms with E-state index in [0.29, 0.717) is 5.41 Å². The maximum Gasteiger partial charge on any atom is -0.00785 e. The zero-order chi connectivity index (χ0) is 11.1. The minimum atomic E-state index is 0.523. The van der Waals surface area contributed by atoms with Gasteiger partial charge in [0.05, 0.1) is 0 Å². The summed E-state index contributed by atoms with van der Waals surface area (Å²) in [7, 11) is 0. The van der Waals surface area contributed by atoms with Gasteiger partial charge in [0.15, 0.2) is 0 Å². The van der Waals surface area contributed by atoms with Gasteiger partial charge in [0.25, 0.3) is 0 Å². The molecule has 0 amide bonds. The van der Waals surface area contributed by atoms with Gasteiger partial charge in [0, 0.05) is 0 Å². The summed E-state index contributed by atoms with van der Waals surface area (Å²) in [6.07, 6.45) is 16.8. The smallest absolute Gasteiger partial charge is 0.00785 e. The maximum atomic E-state index is 2.46. The van der Waals surface area contributed by atoms with Crippen LogP contribution in [0.5, 0.6) is 0 Å². The van der Waals surface area contributed by atoms with E-state index in [1.165, 1.54) is 44.9 Å². The Morgan fingerprint density at radius 3 is 2.20 bits per heavy atom. The van der Waals surface area contributed by atoms with Crippen LogP contribution < -0.4 is 0 Å². The van der Waals surface area contributed by atoms with Crippen LogP contribution in [0.1, 0.15) is 65.7 Å². The molecule has 0 bridgehead atoms. The average Bonchev–Trinajstić information content (AvgIpc) is 2.34. The Morgan fingerprint density at radius 1 is 1.00 bits per heavy atom. The SMILES string of the molecule is CC.CC1(C2=CCCC=C2)CCCCC1. The summed E-state index contributed by atoms with van der Waals surface area (Å²) < 4.78 is 0. The standard InChI is InChI=1S/C13H20.C2H6/c1-13(10-6-3-7-11-13)12-8-4-2-5-9-12;1-2/h4,8-9H,2-3,5-7,10-11H2,1H3;1-2H3. The highest BCUT2D eigenvalue weighted by Crippen LogP contribution is 2.43. The second-order valence-corrected chi connectivity index (χ2v) is 4.76. The second-order valence-electron chi connectivity index (χ2n) is 4.76. The van der Waals surface area contributed by atoms with Gasteiger partial charge in [-0.3, -0.25) is 0 Å². The summed E-state index contributed by atoms with van der Waals surface area (Å²) in [4.78, 5) is 0. The zero-order valence-electron chi connectivity index (χ0n) is 10.7. The van der Waals surface area contributed by atoms with Gasteiger partial charge >= 0.3 is 0 Å². The van der Waals surface area contributed by atoms with E-state index in [4.69, 9.17) is 0 Å². The lowest BCUT2D eigenvalue weighted by Gasteiger charge is -2.35. The molecule has 0 heterocycles. The molecule has 2 aliphatic carbocycles. The second kappa shape index (κ2) is 6.15. The van der Waals surface area contributed by atoms with E-state index in [2.05, 4.69) is 25.2 Å². The fourth-order valence-corrected chi connectivity index (χ4v) is 2.68. The largest absolute Gasteiger partial charge is 0.0839 e. The van der Waals surface area contributed by atoms with Crippen LogP contribution >= 0.6 is 0 Å². The van der Waals surface area contributed by atoms with Crippen molar-refractivity contribution in [3.63, 3.8) is 0 Å². The van der Waals surface area contributed by atoms with Crippen LogP contribution in [0.4, 0.5) is 0 Å². The summed E-state index contributed by atoms with van der Waals surface area (Å²) in [6.45, 7) is 6.45. The van der Waals surface area contributed by atoms with Gasteiger partial charge < -0.3 is 0 Å². The highest BCUT2D eigenvalue weighted by Gasteiger charge is 2.29. The molecule has 0 atom stereocenters. The quantitative estimate of drug-likeness (QED) is 0.549. The Balaban J connectivity index is 0.000000531. The molecule has 1 saturated carbocycles. The Kier molecular flexibility index (Phi) is 5.14. The normalized spacial score (nSPS) is 23.8. The molecule has 0 aromatic heterocycles. The Bertz CT molecular complexity index is 226. The third-order valence-electron chi connectivity index (χ3n) is 3.65. The van der Waals surface area contributed by atoms with Crippen LogP contribution in [0.2, 0.25) is 0 Å². The first-order valence-electron chi connectivity index (χ1n) is 6.68. The van der Waals surface area contributed by atoms with Crippen molar-refractivity contribution in [3.05, 3.63) is 23.8 Å². The molecule has 0 unspecified atom stereocenters. The van der Waals surface area contributed by atoms with Crippen molar-refractivity contribution >= 4 is 0 Å². The monoisotopic (exact) mass is 206 g/mol. The number of hydrogen-bond acceptors (Lipinski definition) is 0. The Labute approximate surface area is 95.5 Å². The summed E-state index contributed by atoms with van der Waals surface area (Å²) in [5.74, 6) is 0. The van der Waals surface area contributed by atoms with E-state index >= 15 is 0 Å². The molecule has 0 spiro atoms. The van der Waals surface area contributed by atoms with E-state index in [1.54, 1.807) is 5.57 Å². The number of rotatable bonds is 1. The van der Waals surface area contributed by atoms with E-state index in [9.17, 15) is 0 Å². The molecule has 0 radical (unpaired) electrons. The van der Waals surface area contributed by atoms with Crippen LogP contribution in [-0.4, -0.2) is 0 Å². The van der Waals surface area contributed by atoms with Crippen molar-refractivity contribution in [1.29, 1.82) is 0 Å². The molecule has 15 heavy (non-hydrogen) atoms. The highest BCUT2D eigenvalue weighted by molar-refractivity contribution is 5.29. The van der Waals surface area contributed by atoms with E-state index in [0.717, 1.165) is 0 Å². The predicted molar refractivity (Wildman–Crippen MR) is 69.0 cm³/mol. The van der Waals surface area contributed by atoms with Gasteiger partial charge in [-0.2, -0.15) is 0 Å². The van der Waals surface area contributed by atoms with Crippen molar-refractivity contribution in [2.75, 3.05) is 0 Å².